The summed E-state index contributed by atoms with van der Waals surface area (Å²) in [6, 6.07) is 5.67. The number of piperidine rings is 1. The van der Waals surface area contributed by atoms with E-state index in [-0.39, 0.29) is 11.8 Å². The van der Waals surface area contributed by atoms with Crippen molar-refractivity contribution >= 4 is 11.6 Å². The summed E-state index contributed by atoms with van der Waals surface area (Å²) < 4.78 is 0. The molecular formula is C15H20N4O. The maximum Gasteiger partial charge on any atom is 0.223 e. The van der Waals surface area contributed by atoms with Crippen molar-refractivity contribution < 1.29 is 4.79 Å². The number of aromatic nitrogens is 1. The Morgan fingerprint density at radius 3 is 2.80 bits per heavy atom. The average molecular weight is 272 g/mol. The molecule has 106 valence electrons. The van der Waals surface area contributed by atoms with Crippen LogP contribution in [0.4, 0.5) is 5.69 Å². The van der Waals surface area contributed by atoms with Crippen LogP contribution in [0, 0.1) is 17.2 Å². The fourth-order valence-corrected chi connectivity index (χ4v) is 2.43. The third-order valence-electron chi connectivity index (χ3n) is 3.64. The number of anilines is 1. The van der Waals surface area contributed by atoms with E-state index < -0.39 is 0 Å². The number of nitrogens with zero attached hydrogens (tertiary/aromatic N) is 3. The van der Waals surface area contributed by atoms with Gasteiger partial charge in [-0.05, 0) is 31.4 Å². The Balaban J connectivity index is 1.87. The van der Waals surface area contributed by atoms with Gasteiger partial charge >= 0.3 is 0 Å². The van der Waals surface area contributed by atoms with Gasteiger partial charge < -0.3 is 10.2 Å². The molecular weight excluding hydrogens is 252 g/mol. The smallest absolute Gasteiger partial charge is 0.223 e. The zero-order valence-corrected chi connectivity index (χ0v) is 11.8. The molecule has 0 bridgehead atoms. The molecule has 1 fully saturated rings. The fourth-order valence-electron chi connectivity index (χ4n) is 2.43. The van der Waals surface area contributed by atoms with Gasteiger partial charge in [0.05, 0.1) is 11.9 Å². The Labute approximate surface area is 119 Å². The first-order chi connectivity index (χ1) is 9.74. The predicted molar refractivity (Wildman–Crippen MR) is 77.2 cm³/mol. The molecule has 0 unspecified atom stereocenters. The lowest BCUT2D eigenvalue weighted by Crippen LogP contribution is -2.40. The number of amides is 1. The Bertz CT molecular complexity index is 484. The second-order valence-corrected chi connectivity index (χ2v) is 5.07. The summed E-state index contributed by atoms with van der Waals surface area (Å²) in [6.07, 6.45) is 4.45. The first-order valence-electron chi connectivity index (χ1n) is 7.13. The lowest BCUT2D eigenvalue weighted by molar-refractivity contribution is -0.125. The third-order valence-corrected chi connectivity index (χ3v) is 3.64. The first-order valence-corrected chi connectivity index (χ1v) is 7.13. The second-order valence-electron chi connectivity index (χ2n) is 5.07. The number of carbonyl (C=O) groups is 1. The van der Waals surface area contributed by atoms with Gasteiger partial charge in [-0.1, -0.05) is 6.92 Å². The summed E-state index contributed by atoms with van der Waals surface area (Å²) in [4.78, 5) is 18.2. The Morgan fingerprint density at radius 1 is 1.50 bits per heavy atom. The van der Waals surface area contributed by atoms with E-state index in [1.807, 2.05) is 12.1 Å². The number of nitriles is 1. The topological polar surface area (TPSA) is 69.0 Å². The van der Waals surface area contributed by atoms with Crippen LogP contribution in [0.2, 0.25) is 0 Å². The molecule has 1 aromatic heterocycles. The molecule has 1 amide bonds. The Hall–Kier alpha value is -2.09. The van der Waals surface area contributed by atoms with E-state index in [9.17, 15) is 4.79 Å². The molecule has 0 aliphatic carbocycles. The van der Waals surface area contributed by atoms with Crippen LogP contribution >= 0.6 is 0 Å². The molecule has 5 heteroatoms. The summed E-state index contributed by atoms with van der Waals surface area (Å²) >= 11 is 0. The van der Waals surface area contributed by atoms with Crippen molar-refractivity contribution in [3.05, 3.63) is 24.0 Å². The van der Waals surface area contributed by atoms with Crippen LogP contribution < -0.4 is 10.2 Å². The Morgan fingerprint density at radius 2 is 2.25 bits per heavy atom. The minimum Gasteiger partial charge on any atom is -0.370 e. The van der Waals surface area contributed by atoms with Crippen molar-refractivity contribution in [3.8, 4) is 6.07 Å². The summed E-state index contributed by atoms with van der Waals surface area (Å²) in [5, 5.41) is 11.7. The highest BCUT2D eigenvalue weighted by Gasteiger charge is 2.24. The highest BCUT2D eigenvalue weighted by Crippen LogP contribution is 2.22. The van der Waals surface area contributed by atoms with Gasteiger partial charge in [-0.2, -0.15) is 5.26 Å². The number of rotatable bonds is 4. The monoisotopic (exact) mass is 272 g/mol. The molecule has 0 spiro atoms. The van der Waals surface area contributed by atoms with Crippen molar-refractivity contribution in [2.75, 3.05) is 24.5 Å². The van der Waals surface area contributed by atoms with E-state index >= 15 is 0 Å². The van der Waals surface area contributed by atoms with Crippen molar-refractivity contribution in [1.82, 2.24) is 10.3 Å². The molecule has 1 aromatic rings. The van der Waals surface area contributed by atoms with Crippen molar-refractivity contribution in [3.63, 3.8) is 0 Å². The van der Waals surface area contributed by atoms with Gasteiger partial charge in [-0.15, -0.1) is 0 Å². The van der Waals surface area contributed by atoms with Crippen LogP contribution in [0.3, 0.4) is 0 Å². The molecule has 0 radical (unpaired) electrons. The lowest BCUT2D eigenvalue weighted by Gasteiger charge is -2.32. The van der Waals surface area contributed by atoms with Gasteiger partial charge in [0.2, 0.25) is 5.91 Å². The predicted octanol–water partition coefficient (Wildman–Crippen LogP) is 1.70. The van der Waals surface area contributed by atoms with E-state index in [4.69, 9.17) is 5.26 Å². The molecule has 1 saturated heterocycles. The van der Waals surface area contributed by atoms with Gasteiger partial charge in [-0.3, -0.25) is 4.79 Å². The minimum atomic E-state index is 0.129. The Kier molecular flexibility index (Phi) is 4.94. The van der Waals surface area contributed by atoms with Crippen LogP contribution in [0.25, 0.3) is 0 Å². The average Bonchev–Trinajstić information content (AvgIpc) is 2.53. The van der Waals surface area contributed by atoms with Crippen molar-refractivity contribution in [2.24, 2.45) is 5.92 Å². The summed E-state index contributed by atoms with van der Waals surface area (Å²) in [6.45, 7) is 4.54. The van der Waals surface area contributed by atoms with E-state index in [1.165, 1.54) is 0 Å². The van der Waals surface area contributed by atoms with Gasteiger partial charge in [0.25, 0.3) is 0 Å². The van der Waals surface area contributed by atoms with E-state index in [2.05, 4.69) is 22.1 Å². The van der Waals surface area contributed by atoms with Crippen molar-refractivity contribution in [2.45, 2.75) is 26.2 Å². The highest BCUT2D eigenvalue weighted by atomic mass is 16.1. The largest absolute Gasteiger partial charge is 0.370 e. The van der Waals surface area contributed by atoms with E-state index in [1.54, 1.807) is 12.3 Å². The van der Waals surface area contributed by atoms with Gasteiger partial charge in [0.15, 0.2) is 0 Å². The molecule has 20 heavy (non-hydrogen) atoms. The maximum atomic E-state index is 11.9. The van der Waals surface area contributed by atoms with Gasteiger partial charge in [0.1, 0.15) is 11.8 Å². The van der Waals surface area contributed by atoms with Gasteiger partial charge in [0, 0.05) is 25.6 Å². The van der Waals surface area contributed by atoms with Crippen LogP contribution in [-0.4, -0.2) is 30.5 Å². The molecule has 0 atom stereocenters. The molecule has 0 saturated carbocycles. The van der Waals surface area contributed by atoms with Gasteiger partial charge in [-0.25, -0.2) is 4.98 Å². The number of pyridine rings is 1. The zero-order valence-electron chi connectivity index (χ0n) is 11.8. The number of hydrogen-bond acceptors (Lipinski definition) is 4. The molecule has 2 rings (SSSR count). The maximum absolute atomic E-state index is 11.9. The summed E-state index contributed by atoms with van der Waals surface area (Å²) in [5.74, 6) is 0.314. The van der Waals surface area contributed by atoms with Crippen LogP contribution in [0.15, 0.2) is 18.3 Å². The number of hydrogen-bond donors (Lipinski definition) is 1. The van der Waals surface area contributed by atoms with Crippen molar-refractivity contribution in [1.29, 1.82) is 5.26 Å². The fraction of sp³-hybridized carbons (Fsp3) is 0.533. The summed E-state index contributed by atoms with van der Waals surface area (Å²) in [5.41, 5.74) is 1.46. The molecule has 5 nitrogen and oxygen atoms in total. The standard InChI is InChI=1S/C15H20N4O/c1-2-7-17-15(20)12-5-8-19(9-6-12)14-4-3-13(10-16)18-11-14/h3-4,11-12H,2,5-9H2,1H3,(H,17,20). The van der Waals surface area contributed by atoms with Crippen LogP contribution in [0.1, 0.15) is 31.9 Å². The molecule has 1 aliphatic heterocycles. The number of carbonyl (C=O) groups excluding carboxylic acids is 1. The zero-order chi connectivity index (χ0) is 14.4. The highest BCUT2D eigenvalue weighted by molar-refractivity contribution is 5.78. The quantitative estimate of drug-likeness (QED) is 0.905. The molecule has 2 heterocycles. The minimum absolute atomic E-state index is 0.129. The lowest BCUT2D eigenvalue weighted by atomic mass is 9.95. The third kappa shape index (κ3) is 3.47. The van der Waals surface area contributed by atoms with E-state index in [0.29, 0.717) is 5.69 Å². The molecule has 0 aromatic carbocycles. The van der Waals surface area contributed by atoms with Crippen LogP contribution in [0.5, 0.6) is 0 Å². The normalized spacial score (nSPS) is 15.7. The second kappa shape index (κ2) is 6.90. The molecule has 1 aliphatic rings. The van der Waals surface area contributed by atoms with E-state index in [0.717, 1.165) is 44.6 Å². The molecule has 1 N–H and O–H groups in total. The van der Waals surface area contributed by atoms with Crippen LogP contribution in [-0.2, 0) is 4.79 Å². The summed E-state index contributed by atoms with van der Waals surface area (Å²) in [7, 11) is 0. The number of nitrogens with one attached hydrogen (secondary N) is 1. The SMILES string of the molecule is CCCNC(=O)C1CCN(c2ccc(C#N)nc2)CC1. The first kappa shape index (κ1) is 14.3.